The average molecular weight is 401 g/mol. The maximum atomic E-state index is 5.38. The maximum absolute atomic E-state index is 5.38. The van der Waals surface area contributed by atoms with Crippen LogP contribution in [0.15, 0.2) is 66.9 Å². The quantitative estimate of drug-likeness (QED) is 0.464. The topological polar surface area (TPSA) is 25.4 Å². The van der Waals surface area contributed by atoms with Crippen LogP contribution in [0.3, 0.4) is 0 Å². The van der Waals surface area contributed by atoms with Crippen molar-refractivity contribution in [3.63, 3.8) is 0 Å². The molecule has 0 aliphatic carbocycles. The zero-order chi connectivity index (χ0) is 20.6. The molecule has 1 aliphatic heterocycles. The summed E-state index contributed by atoms with van der Waals surface area (Å²) < 4.78 is 5.38. The highest BCUT2D eigenvalue weighted by Crippen LogP contribution is 2.25. The maximum Gasteiger partial charge on any atom is 0.119 e. The predicted octanol–water partition coefficient (Wildman–Crippen LogP) is 5.99. The number of benzene rings is 2. The number of aromatic nitrogens is 1. The molecule has 2 aromatic carbocycles. The minimum absolute atomic E-state index is 0.800. The van der Waals surface area contributed by atoms with Crippen LogP contribution in [0.1, 0.15) is 36.8 Å². The molecule has 3 heteroatoms. The van der Waals surface area contributed by atoms with E-state index in [1.165, 1.54) is 56.4 Å². The number of pyridine rings is 1. The number of likely N-dealkylation sites (tertiary alicyclic amines) is 1. The molecule has 30 heavy (non-hydrogen) atoms. The molecule has 3 aromatic rings. The van der Waals surface area contributed by atoms with Crippen LogP contribution in [0.25, 0.3) is 17.0 Å². The van der Waals surface area contributed by atoms with Crippen molar-refractivity contribution in [1.29, 1.82) is 0 Å². The number of ether oxygens (including phenoxy) is 1. The first-order valence-electron chi connectivity index (χ1n) is 11.2. The number of rotatable bonds is 8. The van der Waals surface area contributed by atoms with E-state index in [1.54, 1.807) is 7.11 Å². The lowest BCUT2D eigenvalue weighted by Gasteiger charge is -2.31. The van der Waals surface area contributed by atoms with Crippen LogP contribution in [0.4, 0.5) is 0 Å². The zero-order valence-corrected chi connectivity index (χ0v) is 18.0. The second-order valence-electron chi connectivity index (χ2n) is 8.30. The molecule has 0 spiro atoms. The molecule has 0 bridgehead atoms. The van der Waals surface area contributed by atoms with E-state index in [-0.39, 0.29) is 0 Å². The van der Waals surface area contributed by atoms with Crippen LogP contribution in [-0.2, 0) is 6.42 Å². The first-order chi connectivity index (χ1) is 14.8. The van der Waals surface area contributed by atoms with E-state index in [2.05, 4.69) is 64.5 Å². The molecule has 0 unspecified atom stereocenters. The molecule has 156 valence electrons. The van der Waals surface area contributed by atoms with Crippen molar-refractivity contribution in [3.8, 4) is 5.75 Å². The second-order valence-corrected chi connectivity index (χ2v) is 8.30. The molecule has 1 aromatic heterocycles. The highest BCUT2D eigenvalue weighted by Gasteiger charge is 2.17. The number of hydrogen-bond acceptors (Lipinski definition) is 3. The van der Waals surface area contributed by atoms with E-state index < -0.39 is 0 Å². The number of piperidine rings is 1. The van der Waals surface area contributed by atoms with Crippen molar-refractivity contribution >= 4 is 17.0 Å². The van der Waals surface area contributed by atoms with Gasteiger partial charge in [0.05, 0.1) is 12.6 Å². The summed E-state index contributed by atoms with van der Waals surface area (Å²) in [5.41, 5.74) is 3.69. The highest BCUT2D eigenvalue weighted by molar-refractivity contribution is 5.88. The third-order valence-electron chi connectivity index (χ3n) is 6.24. The van der Waals surface area contributed by atoms with Gasteiger partial charge >= 0.3 is 0 Å². The Morgan fingerprint density at radius 2 is 1.90 bits per heavy atom. The van der Waals surface area contributed by atoms with Gasteiger partial charge in [-0.25, -0.2) is 0 Å². The normalized spacial score (nSPS) is 15.8. The number of hydrogen-bond donors (Lipinski definition) is 0. The van der Waals surface area contributed by atoms with Crippen molar-refractivity contribution in [2.45, 2.75) is 32.1 Å². The summed E-state index contributed by atoms with van der Waals surface area (Å²) in [7, 11) is 1.71. The fraction of sp³-hybridized carbons (Fsp3) is 0.370. The van der Waals surface area contributed by atoms with Gasteiger partial charge in [0.2, 0.25) is 0 Å². The molecule has 0 amide bonds. The predicted molar refractivity (Wildman–Crippen MR) is 126 cm³/mol. The molecular weight excluding hydrogens is 368 g/mol. The lowest BCUT2D eigenvalue weighted by molar-refractivity contribution is 0.184. The third-order valence-corrected chi connectivity index (χ3v) is 6.24. The Morgan fingerprint density at radius 1 is 1.07 bits per heavy atom. The Hall–Kier alpha value is -2.65. The van der Waals surface area contributed by atoms with Gasteiger partial charge in [-0.15, -0.1) is 0 Å². The highest BCUT2D eigenvalue weighted by atomic mass is 16.5. The summed E-state index contributed by atoms with van der Waals surface area (Å²) >= 11 is 0. The second kappa shape index (κ2) is 10.4. The van der Waals surface area contributed by atoms with Crippen LogP contribution in [0.5, 0.6) is 5.75 Å². The van der Waals surface area contributed by atoms with Gasteiger partial charge in [0.15, 0.2) is 0 Å². The molecule has 0 N–H and O–H groups in total. The Labute approximate surface area is 180 Å². The molecule has 0 saturated carbocycles. The van der Waals surface area contributed by atoms with Gasteiger partial charge in [0.1, 0.15) is 5.75 Å². The van der Waals surface area contributed by atoms with Crippen LogP contribution < -0.4 is 4.74 Å². The molecule has 1 fully saturated rings. The van der Waals surface area contributed by atoms with Crippen molar-refractivity contribution in [2.75, 3.05) is 26.7 Å². The van der Waals surface area contributed by atoms with E-state index in [0.29, 0.717) is 0 Å². The molecule has 0 atom stereocenters. The van der Waals surface area contributed by atoms with Crippen molar-refractivity contribution in [1.82, 2.24) is 9.88 Å². The number of methoxy groups -OCH3 is 1. The van der Waals surface area contributed by atoms with E-state index in [9.17, 15) is 0 Å². The zero-order valence-electron chi connectivity index (χ0n) is 18.0. The fourth-order valence-electron chi connectivity index (χ4n) is 4.40. The molecule has 4 rings (SSSR count). The Bertz CT molecular complexity index is 959. The summed E-state index contributed by atoms with van der Waals surface area (Å²) in [5, 5.41) is 1.15. The van der Waals surface area contributed by atoms with E-state index >= 15 is 0 Å². The number of nitrogens with zero attached hydrogens (tertiary/aromatic N) is 2. The van der Waals surface area contributed by atoms with Crippen molar-refractivity contribution in [2.24, 2.45) is 5.92 Å². The largest absolute Gasteiger partial charge is 0.497 e. The van der Waals surface area contributed by atoms with Gasteiger partial charge in [0, 0.05) is 11.6 Å². The van der Waals surface area contributed by atoms with Crippen LogP contribution >= 0.6 is 0 Å². The number of fused-ring (bicyclic) bond motifs is 1. The van der Waals surface area contributed by atoms with Crippen molar-refractivity contribution in [3.05, 3.63) is 78.0 Å². The monoisotopic (exact) mass is 400 g/mol. The summed E-state index contributed by atoms with van der Waals surface area (Å²) in [4.78, 5) is 7.12. The molecule has 0 radical (unpaired) electrons. The smallest absolute Gasteiger partial charge is 0.119 e. The van der Waals surface area contributed by atoms with Gasteiger partial charge in [0.25, 0.3) is 0 Å². The summed E-state index contributed by atoms with van der Waals surface area (Å²) in [6, 6.07) is 19.0. The third kappa shape index (κ3) is 5.48. The summed E-state index contributed by atoms with van der Waals surface area (Å²) in [5.74, 6) is 1.68. The number of allylic oxidation sites excluding steroid dienone is 1. The van der Waals surface area contributed by atoms with Crippen molar-refractivity contribution < 1.29 is 4.74 Å². The Morgan fingerprint density at radius 3 is 2.70 bits per heavy atom. The summed E-state index contributed by atoms with van der Waals surface area (Å²) in [6.07, 6.45) is 12.7. The van der Waals surface area contributed by atoms with E-state index in [1.807, 2.05) is 18.3 Å². The molecule has 1 aliphatic rings. The van der Waals surface area contributed by atoms with E-state index in [0.717, 1.165) is 29.0 Å². The van der Waals surface area contributed by atoms with Crippen LogP contribution in [-0.4, -0.2) is 36.6 Å². The fourth-order valence-corrected chi connectivity index (χ4v) is 4.40. The molecular formula is C27H32N2O. The van der Waals surface area contributed by atoms with Gasteiger partial charge in [-0.05, 0) is 93.0 Å². The molecule has 1 saturated heterocycles. The van der Waals surface area contributed by atoms with Crippen LogP contribution in [0.2, 0.25) is 0 Å². The average Bonchev–Trinajstić information content (AvgIpc) is 2.80. The minimum Gasteiger partial charge on any atom is -0.497 e. The summed E-state index contributed by atoms with van der Waals surface area (Å²) in [6.45, 7) is 3.70. The lowest BCUT2D eigenvalue weighted by atomic mass is 9.93. The van der Waals surface area contributed by atoms with Gasteiger partial charge in [-0.3, -0.25) is 4.98 Å². The lowest BCUT2D eigenvalue weighted by Crippen LogP contribution is -2.34. The Balaban J connectivity index is 1.24. The first kappa shape index (κ1) is 20.6. The SMILES string of the molecule is COc1ccc2nccc(C=CCC3CCN(CCCc4ccccc4)CC3)c2c1. The first-order valence-corrected chi connectivity index (χ1v) is 11.2. The standard InChI is InChI=1S/C27H32N2O/c1-30-25-12-13-27-26(21-25)24(14-17-28-27)11-5-9-23-15-19-29(20-16-23)18-6-10-22-7-3-2-4-8-22/h2-5,7-8,11-14,17,21,23H,6,9-10,15-16,18-20H2,1H3. The molecule has 2 heterocycles. The molecule has 3 nitrogen and oxygen atoms in total. The van der Waals surface area contributed by atoms with Crippen LogP contribution in [0, 0.1) is 5.92 Å². The number of aryl methyl sites for hydroxylation is 1. The van der Waals surface area contributed by atoms with E-state index in [4.69, 9.17) is 4.74 Å². The Kier molecular flexibility index (Phi) is 7.15. The van der Waals surface area contributed by atoms with Gasteiger partial charge < -0.3 is 9.64 Å². The van der Waals surface area contributed by atoms with Gasteiger partial charge in [-0.1, -0.05) is 42.5 Å². The van der Waals surface area contributed by atoms with Gasteiger partial charge in [-0.2, -0.15) is 0 Å². The minimum atomic E-state index is 0.800.